The number of likely N-dealkylation sites (tertiary alicyclic amines) is 2. The lowest BCUT2D eigenvalue weighted by atomic mass is 9.87. The Kier molecular flexibility index (Phi) is 6.49. The van der Waals surface area contributed by atoms with Crippen LogP contribution in [0.15, 0.2) is 71.4 Å². The van der Waals surface area contributed by atoms with Crippen molar-refractivity contribution in [3.8, 4) is 0 Å². The number of thiophene rings is 1. The maximum Gasteiger partial charge on any atom is 0.123 e. The smallest absolute Gasteiger partial charge is 0.123 e. The molecule has 0 spiro atoms. The molecule has 0 radical (unpaired) electrons. The van der Waals surface area contributed by atoms with E-state index < -0.39 is 0 Å². The van der Waals surface area contributed by atoms with Crippen LogP contribution in [-0.4, -0.2) is 42.5 Å². The fourth-order valence-electron chi connectivity index (χ4n) is 5.50. The Balaban J connectivity index is 1.21. The molecule has 3 aromatic rings. The first-order valence-corrected chi connectivity index (χ1v) is 12.4. The first-order chi connectivity index (χ1) is 15.2. The molecule has 31 heavy (non-hydrogen) atoms. The predicted molar refractivity (Wildman–Crippen MR) is 127 cm³/mol. The fraction of sp³-hybridized carbons (Fsp3) is 0.407. The summed E-state index contributed by atoms with van der Waals surface area (Å²) in [5.74, 6) is 1.75. The highest BCUT2D eigenvalue weighted by molar-refractivity contribution is 7.08. The van der Waals surface area contributed by atoms with E-state index in [4.69, 9.17) is 0 Å². The topological polar surface area (TPSA) is 6.48 Å². The van der Waals surface area contributed by atoms with Crippen molar-refractivity contribution in [2.24, 2.45) is 5.92 Å². The SMILES string of the molecule is Fc1ccc(C2CCN(C[C@@H]3CN(Cc4ccccc4)C[C@H]3c3ccsc3)CC2)cc1. The van der Waals surface area contributed by atoms with Gasteiger partial charge in [0.25, 0.3) is 0 Å². The quantitative estimate of drug-likeness (QED) is 0.471. The van der Waals surface area contributed by atoms with E-state index in [1.807, 2.05) is 23.5 Å². The summed E-state index contributed by atoms with van der Waals surface area (Å²) in [5.41, 5.74) is 4.23. The van der Waals surface area contributed by atoms with Crippen molar-refractivity contribution in [2.75, 3.05) is 32.7 Å². The largest absolute Gasteiger partial charge is 0.303 e. The van der Waals surface area contributed by atoms with Crippen LogP contribution < -0.4 is 0 Å². The summed E-state index contributed by atoms with van der Waals surface area (Å²) in [6.45, 7) is 6.85. The van der Waals surface area contributed by atoms with Crippen LogP contribution in [0, 0.1) is 11.7 Å². The van der Waals surface area contributed by atoms with Crippen LogP contribution in [0.25, 0.3) is 0 Å². The molecule has 0 aliphatic carbocycles. The van der Waals surface area contributed by atoms with Gasteiger partial charge in [-0.2, -0.15) is 11.3 Å². The second-order valence-electron chi connectivity index (χ2n) is 9.23. The molecule has 1 aromatic heterocycles. The van der Waals surface area contributed by atoms with E-state index >= 15 is 0 Å². The summed E-state index contributed by atoms with van der Waals surface area (Å²) in [7, 11) is 0. The standard InChI is InChI=1S/C27H31FN2S/c28-26-8-6-22(7-9-26)23-10-13-29(14-11-23)17-25-18-30(16-21-4-2-1-3-5-21)19-27(25)24-12-15-31-20-24/h1-9,12,15,20,23,25,27H,10-11,13-14,16-19H2/t25-,27+/m1/s1. The third kappa shape index (κ3) is 5.08. The number of rotatable bonds is 6. The Morgan fingerprint density at radius 3 is 2.32 bits per heavy atom. The average molecular weight is 435 g/mol. The van der Waals surface area contributed by atoms with Crippen molar-refractivity contribution in [3.63, 3.8) is 0 Å². The molecule has 5 rings (SSSR count). The number of halogens is 1. The molecule has 0 amide bonds. The molecule has 2 aliphatic rings. The van der Waals surface area contributed by atoms with Crippen LogP contribution in [0.4, 0.5) is 4.39 Å². The highest BCUT2D eigenvalue weighted by Gasteiger charge is 2.35. The lowest BCUT2D eigenvalue weighted by Crippen LogP contribution is -2.38. The fourth-order valence-corrected chi connectivity index (χ4v) is 6.22. The van der Waals surface area contributed by atoms with Crippen LogP contribution in [0.3, 0.4) is 0 Å². The maximum atomic E-state index is 13.3. The molecule has 162 valence electrons. The van der Waals surface area contributed by atoms with E-state index in [0.29, 0.717) is 17.8 Å². The Morgan fingerprint density at radius 1 is 0.839 bits per heavy atom. The Bertz CT molecular complexity index is 933. The van der Waals surface area contributed by atoms with Crippen molar-refractivity contribution >= 4 is 11.3 Å². The van der Waals surface area contributed by atoms with Gasteiger partial charge in [0.05, 0.1) is 0 Å². The summed E-state index contributed by atoms with van der Waals surface area (Å²) in [4.78, 5) is 5.32. The lowest BCUT2D eigenvalue weighted by molar-refractivity contribution is 0.177. The summed E-state index contributed by atoms with van der Waals surface area (Å²) in [6.07, 6.45) is 2.35. The molecular formula is C27H31FN2S. The van der Waals surface area contributed by atoms with Gasteiger partial charge in [-0.25, -0.2) is 4.39 Å². The van der Waals surface area contributed by atoms with Crippen molar-refractivity contribution < 1.29 is 4.39 Å². The van der Waals surface area contributed by atoms with Crippen LogP contribution in [0.1, 0.15) is 41.4 Å². The molecule has 2 atom stereocenters. The zero-order chi connectivity index (χ0) is 21.0. The molecule has 2 saturated heterocycles. The number of piperidine rings is 1. The van der Waals surface area contributed by atoms with Gasteiger partial charge in [-0.05, 0) is 83.4 Å². The molecule has 0 saturated carbocycles. The number of nitrogens with zero attached hydrogens (tertiary/aromatic N) is 2. The minimum Gasteiger partial charge on any atom is -0.303 e. The lowest BCUT2D eigenvalue weighted by Gasteiger charge is -2.34. The maximum absolute atomic E-state index is 13.3. The molecule has 2 aliphatic heterocycles. The van der Waals surface area contributed by atoms with E-state index in [1.165, 1.54) is 42.6 Å². The second-order valence-corrected chi connectivity index (χ2v) is 10.0. The van der Waals surface area contributed by atoms with Gasteiger partial charge in [0.1, 0.15) is 5.82 Å². The van der Waals surface area contributed by atoms with Gasteiger partial charge in [-0.3, -0.25) is 4.90 Å². The van der Waals surface area contributed by atoms with Gasteiger partial charge in [-0.15, -0.1) is 0 Å². The van der Waals surface area contributed by atoms with Crippen molar-refractivity contribution in [3.05, 3.63) is 93.9 Å². The zero-order valence-electron chi connectivity index (χ0n) is 18.0. The highest BCUT2D eigenvalue weighted by Crippen LogP contribution is 2.36. The average Bonchev–Trinajstić information content (AvgIpc) is 3.46. The predicted octanol–water partition coefficient (Wildman–Crippen LogP) is 5.98. The van der Waals surface area contributed by atoms with E-state index in [2.05, 4.69) is 57.0 Å². The molecule has 0 unspecified atom stereocenters. The molecule has 3 heterocycles. The minimum atomic E-state index is -0.137. The van der Waals surface area contributed by atoms with E-state index in [-0.39, 0.29) is 5.82 Å². The second kappa shape index (κ2) is 9.64. The van der Waals surface area contributed by atoms with Gasteiger partial charge in [0.2, 0.25) is 0 Å². The molecule has 0 bridgehead atoms. The third-order valence-corrected chi connectivity index (χ3v) is 7.86. The van der Waals surface area contributed by atoms with Crippen molar-refractivity contribution in [1.29, 1.82) is 0 Å². The summed E-state index contributed by atoms with van der Waals surface area (Å²) < 4.78 is 13.3. The summed E-state index contributed by atoms with van der Waals surface area (Å²) in [6, 6.07) is 20.4. The molecule has 0 N–H and O–H groups in total. The van der Waals surface area contributed by atoms with E-state index in [0.717, 1.165) is 26.2 Å². The van der Waals surface area contributed by atoms with Gasteiger partial charge in [0, 0.05) is 32.1 Å². The van der Waals surface area contributed by atoms with Crippen LogP contribution in [0.2, 0.25) is 0 Å². The van der Waals surface area contributed by atoms with E-state index in [1.54, 1.807) is 12.1 Å². The van der Waals surface area contributed by atoms with Gasteiger partial charge >= 0.3 is 0 Å². The number of hydrogen-bond acceptors (Lipinski definition) is 3. The highest BCUT2D eigenvalue weighted by atomic mass is 32.1. The first-order valence-electron chi connectivity index (χ1n) is 11.5. The van der Waals surface area contributed by atoms with Gasteiger partial charge in [0.15, 0.2) is 0 Å². The zero-order valence-corrected chi connectivity index (χ0v) is 18.8. The first kappa shape index (κ1) is 20.9. The summed E-state index contributed by atoms with van der Waals surface area (Å²) >= 11 is 1.82. The van der Waals surface area contributed by atoms with Gasteiger partial charge < -0.3 is 4.90 Å². The number of hydrogen-bond donors (Lipinski definition) is 0. The van der Waals surface area contributed by atoms with Crippen LogP contribution >= 0.6 is 11.3 Å². The van der Waals surface area contributed by atoms with Crippen molar-refractivity contribution in [1.82, 2.24) is 9.80 Å². The molecule has 2 fully saturated rings. The third-order valence-electron chi connectivity index (χ3n) is 7.16. The Morgan fingerprint density at radius 2 is 1.61 bits per heavy atom. The minimum absolute atomic E-state index is 0.137. The van der Waals surface area contributed by atoms with Crippen LogP contribution in [-0.2, 0) is 6.54 Å². The Labute approximate surface area is 189 Å². The molecular weight excluding hydrogens is 403 g/mol. The normalized spacial score (nSPS) is 23.4. The molecule has 2 aromatic carbocycles. The number of benzene rings is 2. The molecule has 2 nitrogen and oxygen atoms in total. The van der Waals surface area contributed by atoms with Gasteiger partial charge in [-0.1, -0.05) is 42.5 Å². The van der Waals surface area contributed by atoms with Crippen LogP contribution in [0.5, 0.6) is 0 Å². The van der Waals surface area contributed by atoms with E-state index in [9.17, 15) is 4.39 Å². The monoisotopic (exact) mass is 434 g/mol. The van der Waals surface area contributed by atoms with Crippen molar-refractivity contribution in [2.45, 2.75) is 31.2 Å². The summed E-state index contributed by atoms with van der Waals surface area (Å²) in [5, 5.41) is 4.57. The molecule has 4 heteroatoms. The Hall–Kier alpha value is -2.01.